The van der Waals surface area contributed by atoms with Gasteiger partial charge in [0.15, 0.2) is 11.5 Å². The third-order valence-corrected chi connectivity index (χ3v) is 4.90. The lowest BCUT2D eigenvalue weighted by Gasteiger charge is -2.13. The van der Waals surface area contributed by atoms with E-state index in [0.29, 0.717) is 32.7 Å². The van der Waals surface area contributed by atoms with Crippen molar-refractivity contribution in [2.24, 2.45) is 0 Å². The molecule has 31 heavy (non-hydrogen) atoms. The van der Waals surface area contributed by atoms with Gasteiger partial charge in [-0.1, -0.05) is 41.4 Å². The molecule has 0 atom stereocenters. The third-order valence-electron chi connectivity index (χ3n) is 4.19. The van der Waals surface area contributed by atoms with Gasteiger partial charge >= 0.3 is 16.9 Å². The predicted molar refractivity (Wildman–Crippen MR) is 117 cm³/mol. The second-order valence-electron chi connectivity index (χ2n) is 6.16. The van der Waals surface area contributed by atoms with Gasteiger partial charge in [0.05, 0.1) is 12.0 Å². The summed E-state index contributed by atoms with van der Waals surface area (Å²) in [5.74, 6) is 0.811. The Hall–Kier alpha value is -3.56. The van der Waals surface area contributed by atoms with Crippen LogP contribution in [0.15, 0.2) is 46.0 Å². The van der Waals surface area contributed by atoms with Crippen LogP contribution in [-0.4, -0.2) is 22.0 Å². The molecule has 2 aromatic carbocycles. The van der Waals surface area contributed by atoms with Gasteiger partial charge in [-0.05, 0) is 35.9 Å². The van der Waals surface area contributed by atoms with Gasteiger partial charge in [0.25, 0.3) is 0 Å². The molecular weight excluding hydrogens is 449 g/mol. The number of ether oxygens (including phenoxy) is 2. The Morgan fingerprint density at radius 3 is 2.42 bits per heavy atom. The molecule has 0 radical (unpaired) electrons. The molecule has 0 spiro atoms. The van der Waals surface area contributed by atoms with E-state index in [9.17, 15) is 19.7 Å². The summed E-state index contributed by atoms with van der Waals surface area (Å²) < 4.78 is 11.1. The van der Waals surface area contributed by atoms with Gasteiger partial charge in [-0.3, -0.25) is 19.9 Å². The minimum Gasteiger partial charge on any atom is -0.493 e. The molecule has 160 valence electrons. The van der Waals surface area contributed by atoms with E-state index in [0.717, 1.165) is 0 Å². The number of methoxy groups -OCH3 is 1. The molecule has 0 aliphatic rings. The molecule has 0 fully saturated rings. The first kappa shape index (κ1) is 22.1. The van der Waals surface area contributed by atoms with E-state index in [-0.39, 0.29) is 12.3 Å². The van der Waals surface area contributed by atoms with Crippen molar-refractivity contribution in [3.8, 4) is 11.5 Å². The Morgan fingerprint density at radius 1 is 1.06 bits per heavy atom. The quantitative estimate of drug-likeness (QED) is 0.402. The van der Waals surface area contributed by atoms with Gasteiger partial charge in [0.2, 0.25) is 0 Å². The van der Waals surface area contributed by atoms with Crippen LogP contribution in [0.2, 0.25) is 10.0 Å². The van der Waals surface area contributed by atoms with Gasteiger partial charge in [-0.2, -0.15) is 0 Å². The number of halogens is 2. The van der Waals surface area contributed by atoms with Gasteiger partial charge < -0.3 is 14.5 Å². The minimum atomic E-state index is -1.09. The highest BCUT2D eigenvalue weighted by Gasteiger charge is 2.18. The van der Waals surface area contributed by atoms with E-state index in [1.165, 1.54) is 19.3 Å². The van der Waals surface area contributed by atoms with Crippen molar-refractivity contribution in [2.75, 3.05) is 7.11 Å². The summed E-state index contributed by atoms with van der Waals surface area (Å²) in [6.07, 6.45) is 2.74. The van der Waals surface area contributed by atoms with Crippen molar-refractivity contribution < 1.29 is 14.4 Å². The number of aromatic nitrogens is 2. The number of aromatic amines is 2. The average molecular weight is 464 g/mol. The van der Waals surface area contributed by atoms with E-state index in [1.54, 1.807) is 36.4 Å². The largest absolute Gasteiger partial charge is 0.493 e. The number of H-pyrrole nitrogens is 2. The van der Waals surface area contributed by atoms with Crippen LogP contribution in [0.25, 0.3) is 12.2 Å². The monoisotopic (exact) mass is 463 g/mol. The van der Waals surface area contributed by atoms with Crippen LogP contribution in [0.1, 0.15) is 16.8 Å². The number of hydrogen-bond donors (Lipinski definition) is 2. The Bertz CT molecular complexity index is 1260. The van der Waals surface area contributed by atoms with Gasteiger partial charge in [-0.15, -0.1) is 0 Å². The molecule has 3 aromatic rings. The second kappa shape index (κ2) is 9.50. The van der Waals surface area contributed by atoms with E-state index < -0.39 is 21.9 Å². The maximum atomic E-state index is 11.7. The summed E-state index contributed by atoms with van der Waals surface area (Å²) in [6.45, 7) is 0.115. The Balaban J connectivity index is 1.86. The zero-order valence-corrected chi connectivity index (χ0v) is 17.5. The molecule has 9 nitrogen and oxygen atoms in total. The molecule has 0 bridgehead atoms. The Morgan fingerprint density at radius 2 is 1.77 bits per heavy atom. The first-order valence-electron chi connectivity index (χ1n) is 8.73. The summed E-state index contributed by atoms with van der Waals surface area (Å²) in [5, 5.41) is 12.1. The van der Waals surface area contributed by atoms with Crippen LogP contribution >= 0.6 is 23.2 Å². The molecule has 3 rings (SSSR count). The predicted octanol–water partition coefficient (Wildman–Crippen LogP) is 4.04. The van der Waals surface area contributed by atoms with E-state index >= 15 is 0 Å². The van der Waals surface area contributed by atoms with Gasteiger partial charge in [0.1, 0.15) is 12.3 Å². The standard InChI is InChI=1S/C20H15Cl2N3O6/c1-30-17-9-11(5-7-15-18(25(28)29)19(26)24-20(27)23-15)6-8-16(17)31-10-12-13(21)3-2-4-14(12)22/h2-9H,10H2,1H3,(H2,23,24,26,27). The van der Waals surface area contributed by atoms with Crippen molar-refractivity contribution in [3.05, 3.63) is 94.2 Å². The highest BCUT2D eigenvalue weighted by molar-refractivity contribution is 6.35. The molecular formula is C20H15Cl2N3O6. The van der Waals surface area contributed by atoms with Gasteiger partial charge in [-0.25, -0.2) is 4.79 Å². The number of benzene rings is 2. The number of nitro groups is 1. The Kier molecular flexibility index (Phi) is 6.78. The van der Waals surface area contributed by atoms with E-state index in [2.05, 4.69) is 4.98 Å². The Labute approximate surface area is 185 Å². The summed E-state index contributed by atoms with van der Waals surface area (Å²) in [4.78, 5) is 37.5. The lowest BCUT2D eigenvalue weighted by molar-refractivity contribution is -0.386. The summed E-state index contributed by atoms with van der Waals surface area (Å²) in [6, 6.07) is 10.1. The fraction of sp³-hybridized carbons (Fsp3) is 0.100. The summed E-state index contributed by atoms with van der Waals surface area (Å²) in [5.41, 5.74) is -1.73. The SMILES string of the molecule is COc1cc(C=Cc2[nH]c(=O)[nH]c(=O)c2[N+](=O)[O-])ccc1OCc1c(Cl)cccc1Cl. The molecule has 0 unspecified atom stereocenters. The molecule has 2 N–H and O–H groups in total. The molecule has 11 heteroatoms. The fourth-order valence-corrected chi connectivity index (χ4v) is 3.21. The lowest BCUT2D eigenvalue weighted by atomic mass is 10.1. The third kappa shape index (κ3) is 5.14. The topological polar surface area (TPSA) is 127 Å². The van der Waals surface area contributed by atoms with Crippen molar-refractivity contribution in [3.63, 3.8) is 0 Å². The highest BCUT2D eigenvalue weighted by Crippen LogP contribution is 2.32. The first-order valence-corrected chi connectivity index (χ1v) is 9.48. The highest BCUT2D eigenvalue weighted by atomic mass is 35.5. The molecule has 0 aliphatic heterocycles. The number of rotatable bonds is 7. The fourth-order valence-electron chi connectivity index (χ4n) is 2.71. The van der Waals surface area contributed by atoms with Crippen LogP contribution in [0.3, 0.4) is 0 Å². The lowest BCUT2D eigenvalue weighted by Crippen LogP contribution is -2.25. The van der Waals surface area contributed by atoms with Crippen LogP contribution in [0, 0.1) is 10.1 Å². The van der Waals surface area contributed by atoms with Crippen LogP contribution in [0.4, 0.5) is 5.69 Å². The van der Waals surface area contributed by atoms with Gasteiger partial charge in [0, 0.05) is 15.6 Å². The smallest absolute Gasteiger partial charge is 0.357 e. The number of hydrogen-bond acceptors (Lipinski definition) is 6. The zero-order valence-electron chi connectivity index (χ0n) is 16.0. The van der Waals surface area contributed by atoms with Crippen LogP contribution in [-0.2, 0) is 6.61 Å². The minimum absolute atomic E-state index is 0.115. The van der Waals surface area contributed by atoms with Crippen molar-refractivity contribution in [2.45, 2.75) is 6.61 Å². The number of nitrogens with zero attached hydrogens (tertiary/aromatic N) is 1. The van der Waals surface area contributed by atoms with Crippen molar-refractivity contribution >= 4 is 41.0 Å². The summed E-state index contributed by atoms with van der Waals surface area (Å²) >= 11 is 12.3. The first-order chi connectivity index (χ1) is 14.8. The van der Waals surface area contributed by atoms with E-state index in [1.807, 2.05) is 4.98 Å². The van der Waals surface area contributed by atoms with Crippen molar-refractivity contribution in [1.82, 2.24) is 9.97 Å². The normalized spacial score (nSPS) is 10.9. The molecule has 1 heterocycles. The second-order valence-corrected chi connectivity index (χ2v) is 6.97. The maximum Gasteiger partial charge on any atom is 0.357 e. The molecule has 0 saturated heterocycles. The summed E-state index contributed by atoms with van der Waals surface area (Å²) in [7, 11) is 1.46. The molecule has 0 amide bonds. The van der Waals surface area contributed by atoms with E-state index in [4.69, 9.17) is 32.7 Å². The van der Waals surface area contributed by atoms with Crippen molar-refractivity contribution in [1.29, 1.82) is 0 Å². The number of nitrogens with one attached hydrogen (secondary N) is 2. The zero-order chi connectivity index (χ0) is 22.5. The molecule has 0 saturated carbocycles. The average Bonchev–Trinajstić information content (AvgIpc) is 2.71. The molecule has 0 aliphatic carbocycles. The van der Waals surface area contributed by atoms with Crippen LogP contribution < -0.4 is 20.7 Å². The molecule has 1 aromatic heterocycles. The maximum absolute atomic E-state index is 11.7. The van der Waals surface area contributed by atoms with Crippen LogP contribution in [0.5, 0.6) is 11.5 Å².